The van der Waals surface area contributed by atoms with Crippen molar-refractivity contribution in [1.82, 2.24) is 4.98 Å². The molecule has 1 aromatic rings. The fraction of sp³-hybridized carbons (Fsp3) is 0.182. The van der Waals surface area contributed by atoms with Crippen molar-refractivity contribution in [3.63, 3.8) is 0 Å². The van der Waals surface area contributed by atoms with E-state index in [4.69, 9.17) is 0 Å². The van der Waals surface area contributed by atoms with E-state index < -0.39 is 0 Å². The van der Waals surface area contributed by atoms with Crippen LogP contribution in [-0.4, -0.2) is 4.98 Å². The van der Waals surface area contributed by atoms with Gasteiger partial charge >= 0.3 is 0 Å². The Morgan fingerprint density at radius 1 is 1.42 bits per heavy atom. The number of pyridine rings is 1. The Hall–Kier alpha value is -1.37. The van der Waals surface area contributed by atoms with Crippen LogP contribution in [0.5, 0.6) is 0 Å². The second kappa shape index (κ2) is 2.94. The highest BCUT2D eigenvalue weighted by Crippen LogP contribution is 2.19. The SMILES string of the molecule is CC1=CC=CCc2ncccc21. The van der Waals surface area contributed by atoms with Gasteiger partial charge in [0.1, 0.15) is 0 Å². The molecule has 0 atom stereocenters. The van der Waals surface area contributed by atoms with E-state index in [1.165, 1.54) is 16.8 Å². The Morgan fingerprint density at radius 3 is 3.25 bits per heavy atom. The third-order valence-corrected chi connectivity index (χ3v) is 2.11. The smallest absolute Gasteiger partial charge is 0.0516 e. The third kappa shape index (κ3) is 1.18. The monoisotopic (exact) mass is 157 g/mol. The van der Waals surface area contributed by atoms with Crippen molar-refractivity contribution in [2.24, 2.45) is 0 Å². The summed E-state index contributed by atoms with van der Waals surface area (Å²) in [5, 5.41) is 0. The van der Waals surface area contributed by atoms with Crippen LogP contribution in [0, 0.1) is 0 Å². The highest BCUT2D eigenvalue weighted by Gasteiger charge is 2.04. The van der Waals surface area contributed by atoms with Crippen LogP contribution < -0.4 is 0 Å². The summed E-state index contributed by atoms with van der Waals surface area (Å²) in [5.74, 6) is 0. The Balaban J connectivity index is 2.58. The molecule has 0 radical (unpaired) electrons. The average molecular weight is 157 g/mol. The molecule has 1 heterocycles. The molecule has 0 amide bonds. The van der Waals surface area contributed by atoms with Gasteiger partial charge in [-0.3, -0.25) is 4.98 Å². The minimum atomic E-state index is 0.948. The number of nitrogens with zero attached hydrogens (tertiary/aromatic N) is 1. The van der Waals surface area contributed by atoms with Gasteiger partial charge in [-0.2, -0.15) is 0 Å². The number of fused-ring (bicyclic) bond motifs is 1. The molecule has 0 aromatic carbocycles. The maximum Gasteiger partial charge on any atom is 0.0516 e. The van der Waals surface area contributed by atoms with E-state index >= 15 is 0 Å². The molecule has 1 aromatic heterocycles. The molecule has 12 heavy (non-hydrogen) atoms. The Labute approximate surface area is 72.5 Å². The van der Waals surface area contributed by atoms with Crippen LogP contribution in [0.4, 0.5) is 0 Å². The highest BCUT2D eigenvalue weighted by atomic mass is 14.7. The van der Waals surface area contributed by atoms with Gasteiger partial charge in [0, 0.05) is 12.6 Å². The van der Waals surface area contributed by atoms with E-state index in [1.807, 2.05) is 12.3 Å². The fourth-order valence-corrected chi connectivity index (χ4v) is 1.44. The van der Waals surface area contributed by atoms with Gasteiger partial charge in [-0.05, 0) is 24.1 Å². The number of rotatable bonds is 0. The molecule has 0 unspecified atom stereocenters. The lowest BCUT2D eigenvalue weighted by molar-refractivity contribution is 1.10. The minimum absolute atomic E-state index is 0.948. The van der Waals surface area contributed by atoms with Crippen LogP contribution in [-0.2, 0) is 6.42 Å². The van der Waals surface area contributed by atoms with E-state index in [0.29, 0.717) is 0 Å². The summed E-state index contributed by atoms with van der Waals surface area (Å²) in [4.78, 5) is 4.34. The predicted octanol–water partition coefficient (Wildman–Crippen LogP) is 2.60. The maximum atomic E-state index is 4.34. The van der Waals surface area contributed by atoms with Crippen molar-refractivity contribution in [3.8, 4) is 0 Å². The summed E-state index contributed by atoms with van der Waals surface area (Å²) in [6.45, 7) is 2.12. The summed E-state index contributed by atoms with van der Waals surface area (Å²) in [7, 11) is 0. The maximum absolute atomic E-state index is 4.34. The Morgan fingerprint density at radius 2 is 2.33 bits per heavy atom. The summed E-state index contributed by atoms with van der Waals surface area (Å²) in [6.07, 6.45) is 9.17. The van der Waals surface area contributed by atoms with Crippen LogP contribution in [0.15, 0.2) is 36.6 Å². The Kier molecular flexibility index (Phi) is 1.78. The molecule has 0 spiro atoms. The molecule has 0 N–H and O–H groups in total. The first kappa shape index (κ1) is 7.29. The quantitative estimate of drug-likeness (QED) is 0.564. The number of aromatic nitrogens is 1. The molecule has 1 aliphatic rings. The van der Waals surface area contributed by atoms with Crippen molar-refractivity contribution in [2.75, 3.05) is 0 Å². The van der Waals surface area contributed by atoms with Gasteiger partial charge < -0.3 is 0 Å². The molecule has 1 nitrogen and oxygen atoms in total. The summed E-state index contributed by atoms with van der Waals surface area (Å²) in [6, 6.07) is 4.11. The van der Waals surface area contributed by atoms with Gasteiger partial charge in [0.25, 0.3) is 0 Å². The van der Waals surface area contributed by atoms with E-state index in [1.54, 1.807) is 0 Å². The van der Waals surface area contributed by atoms with Crippen molar-refractivity contribution >= 4 is 5.57 Å². The van der Waals surface area contributed by atoms with E-state index in [0.717, 1.165) is 6.42 Å². The number of allylic oxidation sites excluding steroid dienone is 4. The second-order valence-corrected chi connectivity index (χ2v) is 2.98. The minimum Gasteiger partial charge on any atom is -0.260 e. The van der Waals surface area contributed by atoms with Crippen LogP contribution in [0.3, 0.4) is 0 Å². The molecule has 60 valence electrons. The average Bonchev–Trinajstić information content (AvgIpc) is 2.29. The van der Waals surface area contributed by atoms with Crippen molar-refractivity contribution < 1.29 is 0 Å². The topological polar surface area (TPSA) is 12.9 Å². The number of hydrogen-bond donors (Lipinski definition) is 0. The molecular weight excluding hydrogens is 146 g/mol. The molecule has 0 aliphatic heterocycles. The van der Waals surface area contributed by atoms with E-state index in [9.17, 15) is 0 Å². The highest BCUT2D eigenvalue weighted by molar-refractivity contribution is 5.67. The molecule has 0 fully saturated rings. The van der Waals surface area contributed by atoms with Crippen LogP contribution in [0.1, 0.15) is 18.2 Å². The largest absolute Gasteiger partial charge is 0.260 e. The molecular formula is C11H11N. The second-order valence-electron chi connectivity index (χ2n) is 2.98. The molecule has 0 saturated heterocycles. The zero-order valence-electron chi connectivity index (χ0n) is 7.12. The van der Waals surface area contributed by atoms with Crippen LogP contribution >= 0.6 is 0 Å². The summed E-state index contributed by atoms with van der Waals surface area (Å²) < 4.78 is 0. The van der Waals surface area contributed by atoms with Gasteiger partial charge in [0.05, 0.1) is 5.69 Å². The van der Waals surface area contributed by atoms with Gasteiger partial charge in [0.2, 0.25) is 0 Å². The molecule has 0 bridgehead atoms. The first-order chi connectivity index (χ1) is 5.88. The predicted molar refractivity (Wildman–Crippen MR) is 50.7 cm³/mol. The zero-order valence-corrected chi connectivity index (χ0v) is 7.12. The van der Waals surface area contributed by atoms with Crippen LogP contribution in [0.25, 0.3) is 5.57 Å². The Bertz CT molecular complexity index is 348. The van der Waals surface area contributed by atoms with Gasteiger partial charge in [-0.1, -0.05) is 24.3 Å². The lowest BCUT2D eigenvalue weighted by atomic mass is 10.1. The van der Waals surface area contributed by atoms with Gasteiger partial charge in [-0.15, -0.1) is 0 Å². The van der Waals surface area contributed by atoms with Crippen LogP contribution in [0.2, 0.25) is 0 Å². The molecule has 1 heteroatoms. The summed E-state index contributed by atoms with van der Waals surface area (Å²) >= 11 is 0. The zero-order chi connectivity index (χ0) is 8.39. The normalized spacial score (nSPS) is 14.9. The number of hydrogen-bond acceptors (Lipinski definition) is 1. The molecule has 2 rings (SSSR count). The van der Waals surface area contributed by atoms with Crippen molar-refractivity contribution in [1.29, 1.82) is 0 Å². The standard InChI is InChI=1S/C11H11N/c1-9-5-2-3-7-11-10(9)6-4-8-12-11/h2-6,8H,7H2,1H3. The lowest BCUT2D eigenvalue weighted by Crippen LogP contribution is -1.92. The third-order valence-electron chi connectivity index (χ3n) is 2.11. The van der Waals surface area contributed by atoms with E-state index in [2.05, 4.69) is 36.2 Å². The molecule has 0 saturated carbocycles. The van der Waals surface area contributed by atoms with Crippen molar-refractivity contribution in [2.45, 2.75) is 13.3 Å². The van der Waals surface area contributed by atoms with E-state index in [-0.39, 0.29) is 0 Å². The molecule has 1 aliphatic carbocycles. The van der Waals surface area contributed by atoms with Gasteiger partial charge in [0.15, 0.2) is 0 Å². The lowest BCUT2D eigenvalue weighted by Gasteiger charge is -2.03. The van der Waals surface area contributed by atoms with Crippen molar-refractivity contribution in [3.05, 3.63) is 47.8 Å². The first-order valence-corrected chi connectivity index (χ1v) is 4.15. The summed E-state index contributed by atoms with van der Waals surface area (Å²) in [5.41, 5.74) is 3.76. The van der Waals surface area contributed by atoms with Gasteiger partial charge in [-0.25, -0.2) is 0 Å². The first-order valence-electron chi connectivity index (χ1n) is 4.15. The fourth-order valence-electron chi connectivity index (χ4n) is 1.44.